The van der Waals surface area contributed by atoms with Crippen LogP contribution >= 0.6 is 11.6 Å². The molecule has 23 heavy (non-hydrogen) atoms. The van der Waals surface area contributed by atoms with Crippen LogP contribution in [0.1, 0.15) is 15.9 Å². The fraction of sp³-hybridized carbons (Fsp3) is 0.0714. The molecule has 9 heteroatoms. The molecular weight excluding hydrogens is 326 g/mol. The molecule has 1 aromatic heterocycles. The zero-order chi connectivity index (χ0) is 17.0. The van der Waals surface area contributed by atoms with Crippen LogP contribution in [0, 0.1) is 21.4 Å². The zero-order valence-electron chi connectivity index (χ0n) is 11.6. The number of rotatable bonds is 4. The minimum atomic E-state index is -0.783. The van der Waals surface area contributed by atoms with E-state index in [1.807, 2.05) is 0 Å². The number of carbonyl (C=O) groups is 1. The number of hydrogen-bond acceptors (Lipinski definition) is 7. The lowest BCUT2D eigenvalue weighted by atomic mass is 10.2. The summed E-state index contributed by atoms with van der Waals surface area (Å²) in [7, 11) is 1.24. The molecule has 0 saturated carbocycles. The zero-order valence-corrected chi connectivity index (χ0v) is 12.4. The Morgan fingerprint density at radius 2 is 2.04 bits per heavy atom. The summed E-state index contributed by atoms with van der Waals surface area (Å²) >= 11 is 5.70. The topological polar surface area (TPSA) is 115 Å². The standard InChI is InChI=1S/C14H8ClN3O5/c1-22-14(19)8-2-4-10(5-3-8)23-12-9(6-16)7-17-13(15)11(12)18(20)21/h2-5,7H,1H3. The molecule has 116 valence electrons. The number of nitrogens with zero attached hydrogens (tertiary/aromatic N) is 3. The summed E-state index contributed by atoms with van der Waals surface area (Å²) in [6.07, 6.45) is 1.08. The summed E-state index contributed by atoms with van der Waals surface area (Å²) in [4.78, 5) is 25.3. The van der Waals surface area contributed by atoms with Gasteiger partial charge in [0.05, 0.1) is 23.8 Å². The molecule has 0 radical (unpaired) electrons. The Morgan fingerprint density at radius 3 is 2.57 bits per heavy atom. The first-order valence-electron chi connectivity index (χ1n) is 6.07. The van der Waals surface area contributed by atoms with Gasteiger partial charge in [0.25, 0.3) is 0 Å². The minimum absolute atomic E-state index is 0.141. The molecule has 0 aliphatic carbocycles. The molecule has 0 bridgehead atoms. The van der Waals surface area contributed by atoms with Crippen molar-refractivity contribution in [3.8, 4) is 17.6 Å². The smallest absolute Gasteiger partial charge is 0.349 e. The molecule has 1 aromatic carbocycles. The van der Waals surface area contributed by atoms with Gasteiger partial charge in [-0.2, -0.15) is 5.26 Å². The van der Waals surface area contributed by atoms with Crippen LogP contribution in [0.4, 0.5) is 5.69 Å². The Kier molecular flexibility index (Phi) is 4.73. The highest BCUT2D eigenvalue weighted by Gasteiger charge is 2.26. The monoisotopic (exact) mass is 333 g/mol. The molecule has 0 spiro atoms. The number of nitro groups is 1. The Bertz CT molecular complexity index is 814. The van der Waals surface area contributed by atoms with E-state index in [1.165, 1.54) is 31.4 Å². The van der Waals surface area contributed by atoms with Gasteiger partial charge >= 0.3 is 11.7 Å². The maximum atomic E-state index is 11.4. The van der Waals surface area contributed by atoms with Crippen molar-refractivity contribution >= 4 is 23.3 Å². The van der Waals surface area contributed by atoms with Crippen LogP contribution in [-0.4, -0.2) is 23.0 Å². The van der Waals surface area contributed by atoms with Gasteiger partial charge in [0, 0.05) is 0 Å². The number of halogens is 1. The predicted octanol–water partition coefficient (Wildman–Crippen LogP) is 3.09. The quantitative estimate of drug-likeness (QED) is 0.365. The number of nitriles is 1. The number of aromatic nitrogens is 1. The molecule has 8 nitrogen and oxygen atoms in total. The van der Waals surface area contributed by atoms with E-state index in [0.717, 1.165) is 6.20 Å². The average molecular weight is 334 g/mol. The van der Waals surface area contributed by atoms with E-state index < -0.39 is 21.7 Å². The summed E-state index contributed by atoms with van der Waals surface area (Å²) < 4.78 is 9.96. The Labute approximate surface area is 135 Å². The van der Waals surface area contributed by atoms with Crippen LogP contribution in [0.15, 0.2) is 30.5 Å². The molecular formula is C14H8ClN3O5. The number of benzene rings is 1. The van der Waals surface area contributed by atoms with Crippen molar-refractivity contribution < 1.29 is 19.2 Å². The van der Waals surface area contributed by atoms with E-state index in [4.69, 9.17) is 21.6 Å². The van der Waals surface area contributed by atoms with Crippen molar-refractivity contribution in [1.29, 1.82) is 5.26 Å². The maximum Gasteiger partial charge on any atom is 0.349 e. The first-order chi connectivity index (χ1) is 11.0. The Hall–Kier alpha value is -3.18. The van der Waals surface area contributed by atoms with Gasteiger partial charge in [0.2, 0.25) is 10.9 Å². The van der Waals surface area contributed by atoms with E-state index in [1.54, 1.807) is 6.07 Å². The number of carbonyl (C=O) groups excluding carboxylic acids is 1. The highest BCUT2D eigenvalue weighted by Crippen LogP contribution is 2.38. The molecule has 0 aliphatic heterocycles. The largest absolute Gasteiger partial charge is 0.465 e. The molecule has 0 fully saturated rings. The third kappa shape index (κ3) is 3.36. The lowest BCUT2D eigenvalue weighted by Crippen LogP contribution is -2.01. The van der Waals surface area contributed by atoms with Crippen molar-refractivity contribution in [3.63, 3.8) is 0 Å². The minimum Gasteiger partial charge on any atom is -0.465 e. The third-order valence-corrected chi connectivity index (χ3v) is 3.04. The van der Waals surface area contributed by atoms with Crippen molar-refractivity contribution in [1.82, 2.24) is 4.98 Å². The van der Waals surface area contributed by atoms with E-state index >= 15 is 0 Å². The van der Waals surface area contributed by atoms with Crippen molar-refractivity contribution in [2.75, 3.05) is 7.11 Å². The first-order valence-corrected chi connectivity index (χ1v) is 6.45. The van der Waals surface area contributed by atoms with E-state index in [9.17, 15) is 14.9 Å². The number of hydrogen-bond donors (Lipinski definition) is 0. The van der Waals surface area contributed by atoms with E-state index in [-0.39, 0.29) is 22.6 Å². The van der Waals surface area contributed by atoms with Gasteiger partial charge in [-0.25, -0.2) is 9.78 Å². The van der Waals surface area contributed by atoms with Crippen molar-refractivity contribution in [3.05, 3.63) is 56.9 Å². The van der Waals surface area contributed by atoms with Crippen LogP contribution in [0.25, 0.3) is 0 Å². The van der Waals surface area contributed by atoms with Gasteiger partial charge in [0.15, 0.2) is 0 Å². The molecule has 0 saturated heterocycles. The van der Waals surface area contributed by atoms with Crippen LogP contribution in [-0.2, 0) is 4.74 Å². The molecule has 0 unspecified atom stereocenters. The number of methoxy groups -OCH3 is 1. The van der Waals surface area contributed by atoms with Crippen molar-refractivity contribution in [2.24, 2.45) is 0 Å². The van der Waals surface area contributed by atoms with Gasteiger partial charge in [-0.1, -0.05) is 11.6 Å². The van der Waals surface area contributed by atoms with Crippen molar-refractivity contribution in [2.45, 2.75) is 0 Å². The first kappa shape index (κ1) is 16.2. The lowest BCUT2D eigenvalue weighted by molar-refractivity contribution is -0.385. The highest BCUT2D eigenvalue weighted by molar-refractivity contribution is 6.31. The van der Waals surface area contributed by atoms with Crippen LogP contribution < -0.4 is 4.74 Å². The number of ether oxygens (including phenoxy) is 2. The van der Waals surface area contributed by atoms with Gasteiger partial charge in [-0.15, -0.1) is 0 Å². The summed E-state index contributed by atoms with van der Waals surface area (Å²) in [5.41, 5.74) is -0.469. The molecule has 0 amide bonds. The SMILES string of the molecule is COC(=O)c1ccc(Oc2c(C#N)cnc(Cl)c2[N+](=O)[O-])cc1. The van der Waals surface area contributed by atoms with Gasteiger partial charge < -0.3 is 9.47 Å². The molecule has 0 atom stereocenters. The average Bonchev–Trinajstić information content (AvgIpc) is 2.54. The van der Waals surface area contributed by atoms with Crippen LogP contribution in [0.2, 0.25) is 5.15 Å². The van der Waals surface area contributed by atoms with Gasteiger partial charge in [0.1, 0.15) is 17.4 Å². The van der Waals surface area contributed by atoms with Gasteiger partial charge in [-0.3, -0.25) is 10.1 Å². The summed E-state index contributed by atoms with van der Waals surface area (Å²) in [6, 6.07) is 7.41. The molecule has 0 aliphatic rings. The third-order valence-electron chi connectivity index (χ3n) is 2.76. The fourth-order valence-corrected chi connectivity index (χ4v) is 1.90. The summed E-state index contributed by atoms with van der Waals surface area (Å²) in [5.74, 6) is -0.671. The maximum absolute atomic E-state index is 11.4. The summed E-state index contributed by atoms with van der Waals surface area (Å²) in [6.45, 7) is 0. The van der Waals surface area contributed by atoms with E-state index in [2.05, 4.69) is 9.72 Å². The summed E-state index contributed by atoms with van der Waals surface area (Å²) in [5, 5.41) is 19.8. The number of pyridine rings is 1. The molecule has 0 N–H and O–H groups in total. The van der Waals surface area contributed by atoms with E-state index in [0.29, 0.717) is 0 Å². The second-order valence-electron chi connectivity index (χ2n) is 4.13. The molecule has 2 rings (SSSR count). The van der Waals surface area contributed by atoms with Crippen LogP contribution in [0.5, 0.6) is 11.5 Å². The lowest BCUT2D eigenvalue weighted by Gasteiger charge is -2.08. The number of esters is 1. The highest BCUT2D eigenvalue weighted by atomic mass is 35.5. The molecule has 1 heterocycles. The fourth-order valence-electron chi connectivity index (χ4n) is 1.70. The second-order valence-corrected chi connectivity index (χ2v) is 4.49. The Balaban J connectivity index is 2.44. The van der Waals surface area contributed by atoms with Crippen LogP contribution in [0.3, 0.4) is 0 Å². The Morgan fingerprint density at radius 1 is 1.39 bits per heavy atom. The molecule has 2 aromatic rings. The second kappa shape index (κ2) is 6.72. The normalized spacial score (nSPS) is 9.78. The van der Waals surface area contributed by atoms with Gasteiger partial charge in [-0.05, 0) is 24.3 Å². The predicted molar refractivity (Wildman–Crippen MR) is 78.5 cm³/mol.